The fraction of sp³-hybridized carbons (Fsp3) is 0.200. The molecule has 0 spiro atoms. The minimum atomic E-state index is -0.913. The van der Waals surface area contributed by atoms with Crippen LogP contribution in [-0.2, 0) is 4.79 Å². The van der Waals surface area contributed by atoms with E-state index in [0.717, 1.165) is 0 Å². The van der Waals surface area contributed by atoms with E-state index >= 15 is 0 Å². The van der Waals surface area contributed by atoms with Crippen molar-refractivity contribution in [2.75, 3.05) is 17.2 Å². The van der Waals surface area contributed by atoms with Crippen molar-refractivity contribution in [1.82, 2.24) is 29.9 Å². The zero-order valence-electron chi connectivity index (χ0n) is 12.5. The summed E-state index contributed by atoms with van der Waals surface area (Å²) in [5, 5.41) is 12.8. The minimum Gasteiger partial charge on any atom is -0.481 e. The van der Waals surface area contributed by atoms with Crippen LogP contribution >= 0.6 is 46.4 Å². The van der Waals surface area contributed by atoms with Crippen LogP contribution in [0.4, 0.5) is 16.7 Å². The highest BCUT2D eigenvalue weighted by atomic mass is 35.5. The molecule has 0 aromatic carbocycles. The SMILES string of the molecule is NC(=O)Nc1nc(Cl)nc(Cl)n1.O=C(O)CCNc1nc(Cl)nc(Cl)n1. The van der Waals surface area contributed by atoms with Crippen molar-refractivity contribution in [3.8, 4) is 0 Å². The third-order valence-electron chi connectivity index (χ3n) is 2.02. The molecular weight excluding hydrogens is 436 g/mol. The lowest BCUT2D eigenvalue weighted by Crippen LogP contribution is -2.21. The number of carbonyl (C=O) groups is 2. The van der Waals surface area contributed by atoms with E-state index in [1.165, 1.54) is 0 Å². The molecule has 26 heavy (non-hydrogen) atoms. The molecule has 2 heterocycles. The van der Waals surface area contributed by atoms with Crippen molar-refractivity contribution < 1.29 is 14.7 Å². The summed E-state index contributed by atoms with van der Waals surface area (Å²) < 4.78 is 0. The first-order chi connectivity index (χ1) is 12.2. The largest absolute Gasteiger partial charge is 0.481 e. The average Bonchev–Trinajstić information content (AvgIpc) is 2.44. The molecule has 0 fully saturated rings. The fourth-order valence-corrected chi connectivity index (χ4v) is 1.91. The average molecular weight is 445 g/mol. The number of carbonyl (C=O) groups excluding carboxylic acids is 1. The van der Waals surface area contributed by atoms with E-state index in [9.17, 15) is 9.59 Å². The molecule has 0 atom stereocenters. The van der Waals surface area contributed by atoms with Gasteiger partial charge in [-0.25, -0.2) is 4.79 Å². The van der Waals surface area contributed by atoms with Crippen molar-refractivity contribution in [1.29, 1.82) is 0 Å². The monoisotopic (exact) mass is 443 g/mol. The van der Waals surface area contributed by atoms with Gasteiger partial charge in [-0.05, 0) is 46.4 Å². The third kappa shape index (κ3) is 9.27. The van der Waals surface area contributed by atoms with Gasteiger partial charge in [-0.3, -0.25) is 10.1 Å². The van der Waals surface area contributed by atoms with Gasteiger partial charge in [-0.2, -0.15) is 29.9 Å². The van der Waals surface area contributed by atoms with Crippen LogP contribution in [0.25, 0.3) is 0 Å². The van der Waals surface area contributed by atoms with Crippen molar-refractivity contribution in [2.24, 2.45) is 5.73 Å². The first kappa shape index (κ1) is 21.8. The number of hydrogen-bond acceptors (Lipinski definition) is 9. The summed E-state index contributed by atoms with van der Waals surface area (Å²) in [4.78, 5) is 41.9. The molecule has 2 aromatic rings. The topological polar surface area (TPSA) is 182 Å². The number of nitrogens with zero attached hydrogens (tertiary/aromatic N) is 6. The van der Waals surface area contributed by atoms with E-state index < -0.39 is 12.0 Å². The highest BCUT2D eigenvalue weighted by Crippen LogP contribution is 2.09. The quantitative estimate of drug-likeness (QED) is 0.529. The molecule has 2 aromatic heterocycles. The molecule has 0 saturated carbocycles. The Labute approximate surface area is 165 Å². The standard InChI is InChI=1S/C6H6Cl2N4O2.C4H3Cl2N5O/c7-4-10-5(8)12-6(11-4)9-2-1-3(13)14;5-1-8-2(6)10-4(9-1)11-3(7)12/h1-2H2,(H,13,14)(H,9,10,11,12);(H3,7,8,9,10,11,12). The van der Waals surface area contributed by atoms with Crippen LogP contribution in [0.1, 0.15) is 6.42 Å². The second kappa shape index (κ2) is 10.7. The number of aromatic nitrogens is 6. The van der Waals surface area contributed by atoms with Crippen molar-refractivity contribution >= 4 is 70.3 Å². The molecule has 0 saturated heterocycles. The molecule has 5 N–H and O–H groups in total. The smallest absolute Gasteiger partial charge is 0.319 e. The molecule has 0 aliphatic carbocycles. The molecule has 0 bridgehead atoms. The Morgan fingerprint density at radius 3 is 1.65 bits per heavy atom. The van der Waals surface area contributed by atoms with Crippen LogP contribution in [0.3, 0.4) is 0 Å². The highest BCUT2D eigenvalue weighted by molar-refractivity contribution is 6.31. The van der Waals surface area contributed by atoms with Crippen LogP contribution in [0, 0.1) is 0 Å². The summed E-state index contributed by atoms with van der Waals surface area (Å²) in [6, 6.07) is -0.798. The van der Waals surface area contributed by atoms with E-state index in [0.29, 0.717) is 0 Å². The molecule has 12 nitrogen and oxygen atoms in total. The zero-order valence-corrected chi connectivity index (χ0v) is 15.5. The fourth-order valence-electron chi connectivity index (χ4n) is 1.18. The molecule has 2 rings (SSSR count). The number of hydrogen-bond donors (Lipinski definition) is 4. The van der Waals surface area contributed by atoms with Gasteiger partial charge in [0.2, 0.25) is 33.0 Å². The van der Waals surface area contributed by atoms with Crippen LogP contribution < -0.4 is 16.4 Å². The normalized spacial score (nSPS) is 9.69. The van der Waals surface area contributed by atoms with Crippen LogP contribution in [-0.4, -0.2) is 53.6 Å². The van der Waals surface area contributed by atoms with Gasteiger partial charge in [0.25, 0.3) is 0 Å². The number of rotatable bonds is 5. The summed E-state index contributed by atoms with van der Waals surface area (Å²) in [6.07, 6.45) is -0.0408. The van der Waals surface area contributed by atoms with Crippen molar-refractivity contribution in [2.45, 2.75) is 6.42 Å². The summed E-state index contributed by atoms with van der Waals surface area (Å²) >= 11 is 21.8. The van der Waals surface area contributed by atoms with E-state index in [1.54, 1.807) is 0 Å². The highest BCUT2D eigenvalue weighted by Gasteiger charge is 2.04. The lowest BCUT2D eigenvalue weighted by molar-refractivity contribution is -0.136. The Morgan fingerprint density at radius 2 is 1.27 bits per heavy atom. The zero-order chi connectivity index (χ0) is 19.7. The number of nitrogens with two attached hydrogens (primary N) is 1. The number of urea groups is 1. The van der Waals surface area contributed by atoms with Gasteiger partial charge >= 0.3 is 12.0 Å². The molecular formula is C10H9Cl4N9O3. The van der Waals surface area contributed by atoms with Crippen LogP contribution in [0.5, 0.6) is 0 Å². The number of nitrogens with one attached hydrogen (secondary N) is 2. The maximum atomic E-state index is 10.3. The molecule has 2 amide bonds. The maximum Gasteiger partial charge on any atom is 0.319 e. The predicted octanol–water partition coefficient (Wildman–Crippen LogP) is 1.73. The Bertz CT molecular complexity index is 754. The third-order valence-corrected chi connectivity index (χ3v) is 2.69. The van der Waals surface area contributed by atoms with Crippen LogP contribution in [0.2, 0.25) is 21.1 Å². The number of halogens is 4. The number of carboxylic acid groups (broad SMARTS) is 1. The Hall–Kier alpha value is -2.28. The van der Waals surface area contributed by atoms with Gasteiger partial charge < -0.3 is 16.2 Å². The van der Waals surface area contributed by atoms with Crippen molar-refractivity contribution in [3.63, 3.8) is 0 Å². The number of carboxylic acids is 1. The van der Waals surface area contributed by atoms with Gasteiger partial charge in [0, 0.05) is 6.54 Å². The Kier molecular flexibility index (Phi) is 8.92. The van der Waals surface area contributed by atoms with Crippen LogP contribution in [0.15, 0.2) is 0 Å². The van der Waals surface area contributed by atoms with Gasteiger partial charge in [-0.1, -0.05) is 0 Å². The number of anilines is 2. The van der Waals surface area contributed by atoms with Gasteiger partial charge in [0.1, 0.15) is 0 Å². The van der Waals surface area contributed by atoms with Gasteiger partial charge in [0.05, 0.1) is 6.42 Å². The summed E-state index contributed by atoms with van der Waals surface area (Å²) in [6.45, 7) is 0.200. The summed E-state index contributed by atoms with van der Waals surface area (Å²) in [5.41, 5.74) is 4.79. The van der Waals surface area contributed by atoms with Gasteiger partial charge in [-0.15, -0.1) is 0 Å². The molecule has 140 valence electrons. The molecule has 0 aliphatic heterocycles. The molecule has 16 heteroatoms. The van der Waals surface area contributed by atoms with Crippen molar-refractivity contribution in [3.05, 3.63) is 21.1 Å². The number of primary amides is 1. The van der Waals surface area contributed by atoms with E-state index in [4.69, 9.17) is 57.2 Å². The van der Waals surface area contributed by atoms with Gasteiger partial charge in [0.15, 0.2) is 0 Å². The lowest BCUT2D eigenvalue weighted by Gasteiger charge is -2.02. The lowest BCUT2D eigenvalue weighted by atomic mass is 10.4. The molecule has 0 radical (unpaired) electrons. The summed E-state index contributed by atoms with van der Waals surface area (Å²) in [5.74, 6) is -0.826. The second-order valence-corrected chi connectivity index (χ2v) is 5.31. The van der Waals surface area contributed by atoms with E-state index in [1.807, 2.05) is 0 Å². The first-order valence-electron chi connectivity index (χ1n) is 6.32. The maximum absolute atomic E-state index is 10.3. The second-order valence-electron chi connectivity index (χ2n) is 3.95. The Morgan fingerprint density at radius 1 is 0.846 bits per heavy atom. The molecule has 0 unspecified atom stereocenters. The summed E-state index contributed by atoms with van der Waals surface area (Å²) in [7, 11) is 0. The number of amides is 2. The van der Waals surface area contributed by atoms with E-state index in [2.05, 4.69) is 40.5 Å². The first-order valence-corrected chi connectivity index (χ1v) is 7.83. The predicted molar refractivity (Wildman–Crippen MR) is 93.6 cm³/mol. The minimum absolute atomic E-state index is 0.0391. The van der Waals surface area contributed by atoms with E-state index in [-0.39, 0.29) is 46.0 Å². The number of aliphatic carboxylic acids is 1. The molecule has 0 aliphatic rings. The Balaban J connectivity index is 0.000000263.